The van der Waals surface area contributed by atoms with Crippen molar-refractivity contribution in [2.75, 3.05) is 0 Å². The molecule has 3 nitrogen and oxygen atoms in total. The van der Waals surface area contributed by atoms with E-state index < -0.39 is 0 Å². The molecule has 306 valence electrons. The van der Waals surface area contributed by atoms with Crippen molar-refractivity contribution in [3.63, 3.8) is 0 Å². The highest BCUT2D eigenvalue weighted by molar-refractivity contribution is 7.28. The molecule has 7 heterocycles. The van der Waals surface area contributed by atoms with Crippen molar-refractivity contribution >= 4 is 192 Å². The van der Waals surface area contributed by atoms with Crippen LogP contribution in [0.2, 0.25) is 0 Å². The molecular formula is C60H33N3S3. The first-order valence-electron chi connectivity index (χ1n) is 22.4. The Morgan fingerprint density at radius 2 is 0.576 bits per heavy atom. The van der Waals surface area contributed by atoms with E-state index in [1.54, 1.807) is 0 Å². The number of aromatic amines is 3. The Bertz CT molecular complexity index is 4950. The van der Waals surface area contributed by atoms with E-state index in [1.807, 2.05) is 34.0 Å². The van der Waals surface area contributed by atoms with Gasteiger partial charge in [-0.15, -0.1) is 34.0 Å². The lowest BCUT2D eigenvalue weighted by molar-refractivity contribution is 1.58. The van der Waals surface area contributed by atoms with Gasteiger partial charge in [0.1, 0.15) is 0 Å². The first-order chi connectivity index (χ1) is 32.7. The van der Waals surface area contributed by atoms with Gasteiger partial charge < -0.3 is 15.0 Å². The molecule has 3 N–H and O–H groups in total. The number of nitrogens with one attached hydrogen (secondary N) is 3. The molecule has 9 aromatic carbocycles. The maximum atomic E-state index is 4.07. The highest BCUT2D eigenvalue weighted by Crippen LogP contribution is 2.50. The van der Waals surface area contributed by atoms with Crippen molar-refractivity contribution in [2.24, 2.45) is 0 Å². The molecule has 10 bridgehead atoms. The van der Waals surface area contributed by atoms with E-state index in [2.05, 4.69) is 197 Å². The number of hydrogen-bond acceptors (Lipinski definition) is 3. The van der Waals surface area contributed by atoms with Crippen LogP contribution in [0.3, 0.4) is 0 Å². The first kappa shape index (κ1) is 35.6. The highest BCUT2D eigenvalue weighted by atomic mass is 32.1. The van der Waals surface area contributed by atoms with Gasteiger partial charge in [-0.3, -0.25) is 0 Å². The summed E-state index contributed by atoms with van der Waals surface area (Å²) in [6, 6.07) is 68.0. The van der Waals surface area contributed by atoms with Gasteiger partial charge in [0, 0.05) is 142 Å². The van der Waals surface area contributed by atoms with Crippen molar-refractivity contribution in [2.45, 2.75) is 0 Å². The lowest BCUT2D eigenvalue weighted by Gasteiger charge is -2.05. The Hall–Kier alpha value is -7.74. The second-order valence-electron chi connectivity index (χ2n) is 17.7. The minimum atomic E-state index is 1.12. The zero-order valence-electron chi connectivity index (χ0n) is 35.0. The molecule has 0 aliphatic rings. The summed E-state index contributed by atoms with van der Waals surface area (Å²) in [5, 5.41) is 22.5. The predicted molar refractivity (Wildman–Crippen MR) is 292 cm³/mol. The third-order valence-electron chi connectivity index (χ3n) is 14.3. The van der Waals surface area contributed by atoms with E-state index >= 15 is 0 Å². The zero-order valence-corrected chi connectivity index (χ0v) is 37.5. The predicted octanol–water partition coefficient (Wildman–Crippen LogP) is 18.8. The van der Waals surface area contributed by atoms with Gasteiger partial charge in [0.05, 0.1) is 16.6 Å². The van der Waals surface area contributed by atoms with E-state index in [-0.39, 0.29) is 0 Å². The number of thiophene rings is 3. The van der Waals surface area contributed by atoms with Crippen molar-refractivity contribution in [1.29, 1.82) is 0 Å². The number of hydrogen-bond donors (Lipinski definition) is 3. The smallest absolute Gasteiger partial charge is 0.0545 e. The van der Waals surface area contributed by atoms with E-state index in [0.29, 0.717) is 0 Å². The van der Waals surface area contributed by atoms with Gasteiger partial charge in [-0.05, 0) is 36.4 Å². The minimum absolute atomic E-state index is 1.12. The Morgan fingerprint density at radius 1 is 0.227 bits per heavy atom. The van der Waals surface area contributed by atoms with Crippen LogP contribution in [0.15, 0.2) is 182 Å². The van der Waals surface area contributed by atoms with E-state index in [0.717, 1.165) is 16.6 Å². The summed E-state index contributed by atoms with van der Waals surface area (Å²) in [6.07, 6.45) is 0. The SMILES string of the molecule is c1ccc2c3ccc(s3)c3ccccc3c3cc4c([nH]3)c3ccccc3c3sc5c6ccccc6c6[nH]c(cc6c5c43)c3ccccc3c3cc4c5cc([nH]c5c5ccccc5c4s3)c2c1. The fraction of sp³-hybridized carbons (Fsp3) is 0. The molecule has 0 radical (unpaired) electrons. The molecule has 6 heteroatoms. The molecule has 0 saturated heterocycles. The summed E-state index contributed by atoms with van der Waals surface area (Å²) < 4.78 is 7.72. The van der Waals surface area contributed by atoms with Crippen LogP contribution in [-0.2, 0) is 0 Å². The summed E-state index contributed by atoms with van der Waals surface area (Å²) in [7, 11) is 0. The lowest BCUT2D eigenvalue weighted by Crippen LogP contribution is -1.79. The molecule has 0 atom stereocenters. The summed E-state index contributed by atoms with van der Waals surface area (Å²) in [4.78, 5) is 12.1. The normalized spacial score (nSPS) is 12.5. The second kappa shape index (κ2) is 13.0. The van der Waals surface area contributed by atoms with Gasteiger partial charge in [-0.1, -0.05) is 146 Å². The Labute approximate surface area is 386 Å². The fourth-order valence-corrected chi connectivity index (χ4v) is 15.2. The van der Waals surface area contributed by atoms with Crippen LogP contribution < -0.4 is 0 Å². The van der Waals surface area contributed by atoms with Crippen molar-refractivity contribution in [3.05, 3.63) is 182 Å². The molecular weight excluding hydrogens is 859 g/mol. The summed E-state index contributed by atoms with van der Waals surface area (Å²) >= 11 is 5.71. The molecule has 16 aromatic rings. The monoisotopic (exact) mass is 891 g/mol. The van der Waals surface area contributed by atoms with Gasteiger partial charge in [0.2, 0.25) is 0 Å². The summed E-state index contributed by atoms with van der Waals surface area (Å²) in [5.41, 5.74) is 6.91. The number of benzene rings is 9. The van der Waals surface area contributed by atoms with Crippen LogP contribution in [0.25, 0.3) is 158 Å². The Kier molecular flexibility index (Phi) is 6.99. The molecule has 7 aromatic heterocycles. The van der Waals surface area contributed by atoms with Crippen LogP contribution in [0.4, 0.5) is 0 Å². The van der Waals surface area contributed by atoms with Gasteiger partial charge in [0.15, 0.2) is 0 Å². The first-order valence-corrected chi connectivity index (χ1v) is 24.9. The highest BCUT2D eigenvalue weighted by Gasteiger charge is 2.22. The number of rotatable bonds is 0. The van der Waals surface area contributed by atoms with Gasteiger partial charge in [-0.2, -0.15) is 0 Å². The average molecular weight is 892 g/mol. The maximum absolute atomic E-state index is 4.07. The Balaban J connectivity index is 1.19. The molecule has 0 aliphatic heterocycles. The largest absolute Gasteiger partial charge is 0.354 e. The quantitative estimate of drug-likeness (QED) is 0.136. The van der Waals surface area contributed by atoms with Crippen molar-refractivity contribution in [1.82, 2.24) is 15.0 Å². The zero-order chi connectivity index (χ0) is 42.8. The lowest BCUT2D eigenvalue weighted by atomic mass is 9.97. The minimum Gasteiger partial charge on any atom is -0.354 e. The van der Waals surface area contributed by atoms with E-state index in [1.165, 1.54) is 142 Å². The second-order valence-corrected chi connectivity index (χ2v) is 20.9. The molecule has 0 aliphatic carbocycles. The average Bonchev–Trinajstić information content (AvgIpc) is 4.24. The fourth-order valence-electron chi connectivity index (χ4n) is 11.4. The summed E-state index contributed by atoms with van der Waals surface area (Å²) in [6.45, 7) is 0. The van der Waals surface area contributed by atoms with Gasteiger partial charge in [-0.25, -0.2) is 0 Å². The molecule has 0 fully saturated rings. The standard InChI is InChI=1S/C60H33N3S3/c1-4-16-34-31(13-1)47-27-43-44-30-52(65-58(44)40-22-10-7-19-37(40)55(43)61-47)36-18-6-3-15-33(36)49-29-46-54-53-45-28-48(32-14-2-5-17-35(32)51-26-25-50(34)64-51)62-56(45)38-20-8-11-23-41(38)59(53)66-60(54)42-24-12-9-21-39(42)57(46)63-49/h1-30,61-63H. The topological polar surface area (TPSA) is 47.4 Å². The van der Waals surface area contributed by atoms with E-state index in [9.17, 15) is 0 Å². The van der Waals surface area contributed by atoms with E-state index in [4.69, 9.17) is 0 Å². The molecule has 0 spiro atoms. The van der Waals surface area contributed by atoms with Crippen LogP contribution >= 0.6 is 34.0 Å². The van der Waals surface area contributed by atoms with Crippen molar-refractivity contribution < 1.29 is 0 Å². The van der Waals surface area contributed by atoms with Crippen LogP contribution in [0.5, 0.6) is 0 Å². The summed E-state index contributed by atoms with van der Waals surface area (Å²) in [5.74, 6) is 0. The molecule has 66 heavy (non-hydrogen) atoms. The molecule has 16 rings (SSSR count). The number of aromatic nitrogens is 3. The van der Waals surface area contributed by atoms with Crippen molar-refractivity contribution in [3.8, 4) is 0 Å². The maximum Gasteiger partial charge on any atom is 0.0545 e. The molecule has 0 amide bonds. The third-order valence-corrected chi connectivity index (χ3v) is 17.9. The Morgan fingerprint density at radius 3 is 1.03 bits per heavy atom. The molecule has 0 unspecified atom stereocenters. The number of fused-ring (bicyclic) bond motifs is 24. The third kappa shape index (κ3) is 4.70. The van der Waals surface area contributed by atoms with Crippen LogP contribution in [0, 0.1) is 0 Å². The van der Waals surface area contributed by atoms with Gasteiger partial charge >= 0.3 is 0 Å². The van der Waals surface area contributed by atoms with Gasteiger partial charge in [0.25, 0.3) is 0 Å². The number of H-pyrrole nitrogens is 3. The van der Waals surface area contributed by atoms with Crippen LogP contribution in [0.1, 0.15) is 0 Å². The molecule has 0 saturated carbocycles. The van der Waals surface area contributed by atoms with Crippen LogP contribution in [-0.4, -0.2) is 15.0 Å².